The van der Waals surface area contributed by atoms with Crippen molar-refractivity contribution in [3.8, 4) is 0 Å². The highest BCUT2D eigenvalue weighted by Gasteiger charge is 2.18. The summed E-state index contributed by atoms with van der Waals surface area (Å²) >= 11 is 1.69. The van der Waals surface area contributed by atoms with Gasteiger partial charge in [-0.15, -0.1) is 11.3 Å². The van der Waals surface area contributed by atoms with Gasteiger partial charge in [0.15, 0.2) is 11.1 Å². The van der Waals surface area contributed by atoms with Gasteiger partial charge in [0.2, 0.25) is 0 Å². The Hall–Kier alpha value is -2.41. The quantitative estimate of drug-likeness (QED) is 0.572. The zero-order valence-electron chi connectivity index (χ0n) is 11.3. The number of hydrogen-bond donors (Lipinski definition) is 1. The van der Waals surface area contributed by atoms with Crippen molar-refractivity contribution in [2.45, 2.75) is 19.4 Å². The summed E-state index contributed by atoms with van der Waals surface area (Å²) in [5, 5.41) is 16.1. The topological polar surface area (TPSA) is 81.2 Å². The molecule has 1 unspecified atom stereocenters. The fourth-order valence-corrected chi connectivity index (χ4v) is 2.97. The fraction of sp³-hybridized carbons (Fsp3) is 0.214. The van der Waals surface area contributed by atoms with E-state index in [-0.39, 0.29) is 17.2 Å². The van der Waals surface area contributed by atoms with Gasteiger partial charge in [-0.1, -0.05) is 12.1 Å². The van der Waals surface area contributed by atoms with E-state index in [4.69, 9.17) is 4.42 Å². The molecule has 108 valence electrons. The largest absolute Gasteiger partial charge is 0.423 e. The molecule has 2 heterocycles. The van der Waals surface area contributed by atoms with Crippen molar-refractivity contribution < 1.29 is 9.34 Å². The van der Waals surface area contributed by atoms with Gasteiger partial charge < -0.3 is 9.73 Å². The average Bonchev–Trinajstić information content (AvgIpc) is 3.06. The predicted molar refractivity (Wildman–Crippen MR) is 81.8 cm³/mol. The Kier molecular flexibility index (Phi) is 3.57. The van der Waals surface area contributed by atoms with Crippen LogP contribution in [-0.4, -0.2) is 15.9 Å². The maximum absolute atomic E-state index is 11.0. The van der Waals surface area contributed by atoms with E-state index in [0.717, 1.165) is 6.42 Å². The summed E-state index contributed by atoms with van der Waals surface area (Å²) in [4.78, 5) is 16.0. The lowest BCUT2D eigenvalue weighted by Gasteiger charge is -2.10. The van der Waals surface area contributed by atoms with Crippen LogP contribution in [0.4, 0.5) is 11.7 Å². The Morgan fingerprint density at radius 1 is 1.43 bits per heavy atom. The predicted octanol–water partition coefficient (Wildman–Crippen LogP) is 3.84. The zero-order chi connectivity index (χ0) is 14.8. The van der Waals surface area contributed by atoms with E-state index in [1.165, 1.54) is 10.9 Å². The first-order chi connectivity index (χ1) is 10.1. The molecule has 0 saturated carbocycles. The standard InChI is InChI=1S/C14H13N3O3S/c1-9(8-10-4-3-7-21-10)15-14-16-13-11(17(18)19)5-2-6-12(13)20-14/h2-7,9H,8H2,1H3,(H,15,16). The fourth-order valence-electron chi connectivity index (χ4n) is 2.14. The van der Waals surface area contributed by atoms with Crippen molar-refractivity contribution in [1.29, 1.82) is 0 Å². The lowest BCUT2D eigenvalue weighted by Crippen LogP contribution is -2.17. The summed E-state index contributed by atoms with van der Waals surface area (Å²) in [5.74, 6) is 0. The summed E-state index contributed by atoms with van der Waals surface area (Å²) in [5.41, 5.74) is 0.638. The number of fused-ring (bicyclic) bond motifs is 1. The molecular weight excluding hydrogens is 290 g/mol. The zero-order valence-corrected chi connectivity index (χ0v) is 12.1. The molecule has 6 nitrogen and oxygen atoms in total. The molecule has 0 fully saturated rings. The third-order valence-corrected chi connectivity index (χ3v) is 3.95. The van der Waals surface area contributed by atoms with Crippen molar-refractivity contribution in [1.82, 2.24) is 4.98 Å². The molecule has 3 aromatic rings. The van der Waals surface area contributed by atoms with Crippen LogP contribution < -0.4 is 5.32 Å². The van der Waals surface area contributed by atoms with Crippen LogP contribution in [-0.2, 0) is 6.42 Å². The Bertz CT molecular complexity index is 767. The average molecular weight is 303 g/mol. The van der Waals surface area contributed by atoms with Gasteiger partial charge in [0.25, 0.3) is 11.7 Å². The van der Waals surface area contributed by atoms with Crippen LogP contribution in [0.2, 0.25) is 0 Å². The molecule has 1 N–H and O–H groups in total. The summed E-state index contributed by atoms with van der Waals surface area (Å²) in [6.07, 6.45) is 0.846. The van der Waals surface area contributed by atoms with Gasteiger partial charge in [0, 0.05) is 23.4 Å². The van der Waals surface area contributed by atoms with E-state index < -0.39 is 4.92 Å². The molecule has 0 aliphatic heterocycles. The first kappa shape index (κ1) is 13.6. The number of non-ortho nitro benzene ring substituents is 1. The van der Waals surface area contributed by atoms with Crippen LogP contribution in [0.3, 0.4) is 0 Å². The van der Waals surface area contributed by atoms with Crippen molar-refractivity contribution in [2.24, 2.45) is 0 Å². The lowest BCUT2D eigenvalue weighted by atomic mass is 10.2. The molecule has 0 aliphatic carbocycles. The highest BCUT2D eigenvalue weighted by molar-refractivity contribution is 7.09. The first-order valence-electron chi connectivity index (χ1n) is 6.46. The molecule has 0 saturated heterocycles. The first-order valence-corrected chi connectivity index (χ1v) is 7.34. The second kappa shape index (κ2) is 5.53. The second-order valence-electron chi connectivity index (χ2n) is 4.73. The van der Waals surface area contributed by atoms with Gasteiger partial charge in [-0.25, -0.2) is 0 Å². The normalized spacial score (nSPS) is 12.4. The van der Waals surface area contributed by atoms with E-state index >= 15 is 0 Å². The van der Waals surface area contributed by atoms with E-state index in [1.54, 1.807) is 23.5 Å². The number of thiophene rings is 1. The number of nitro benzene ring substituents is 1. The van der Waals surface area contributed by atoms with Gasteiger partial charge in [-0.2, -0.15) is 4.98 Å². The van der Waals surface area contributed by atoms with Gasteiger partial charge in [-0.3, -0.25) is 10.1 Å². The number of anilines is 1. The van der Waals surface area contributed by atoms with Crippen LogP contribution in [0.5, 0.6) is 0 Å². The van der Waals surface area contributed by atoms with Crippen LogP contribution in [0.15, 0.2) is 40.1 Å². The van der Waals surface area contributed by atoms with Crippen LogP contribution >= 0.6 is 11.3 Å². The number of nitrogens with one attached hydrogen (secondary N) is 1. The van der Waals surface area contributed by atoms with E-state index in [1.807, 2.05) is 18.4 Å². The lowest BCUT2D eigenvalue weighted by molar-refractivity contribution is -0.383. The number of hydrogen-bond acceptors (Lipinski definition) is 6. The maximum atomic E-state index is 11.0. The number of oxazole rings is 1. The summed E-state index contributed by atoms with van der Waals surface area (Å²) in [7, 11) is 0. The van der Waals surface area contributed by atoms with Crippen molar-refractivity contribution in [2.75, 3.05) is 5.32 Å². The molecule has 3 rings (SSSR count). The van der Waals surface area contributed by atoms with Gasteiger partial charge >= 0.3 is 0 Å². The molecule has 0 bridgehead atoms. The van der Waals surface area contributed by atoms with Crippen LogP contribution in [0.1, 0.15) is 11.8 Å². The smallest absolute Gasteiger partial charge is 0.298 e. The summed E-state index contributed by atoms with van der Waals surface area (Å²) in [6, 6.07) is 9.19. The SMILES string of the molecule is CC(Cc1cccs1)Nc1nc2c([N+](=O)[O-])cccc2o1. The van der Waals surface area contributed by atoms with Gasteiger partial charge in [-0.05, 0) is 24.4 Å². The van der Waals surface area contributed by atoms with Crippen molar-refractivity contribution in [3.63, 3.8) is 0 Å². The van der Waals surface area contributed by atoms with E-state index in [9.17, 15) is 10.1 Å². The van der Waals surface area contributed by atoms with Gasteiger partial charge in [0.1, 0.15) is 0 Å². The number of rotatable bonds is 5. The third-order valence-electron chi connectivity index (χ3n) is 3.05. The molecule has 1 aromatic carbocycles. The van der Waals surface area contributed by atoms with Gasteiger partial charge in [0.05, 0.1) is 4.92 Å². The number of nitro groups is 1. The van der Waals surface area contributed by atoms with Crippen LogP contribution in [0, 0.1) is 10.1 Å². The molecule has 0 spiro atoms. The van der Waals surface area contributed by atoms with Crippen molar-refractivity contribution >= 4 is 34.1 Å². The minimum absolute atomic E-state index is 0.0461. The highest BCUT2D eigenvalue weighted by Crippen LogP contribution is 2.27. The molecule has 21 heavy (non-hydrogen) atoms. The minimum atomic E-state index is -0.455. The molecular formula is C14H13N3O3S. The number of benzene rings is 1. The van der Waals surface area contributed by atoms with E-state index in [0.29, 0.717) is 11.6 Å². The van der Waals surface area contributed by atoms with Crippen LogP contribution in [0.25, 0.3) is 11.1 Å². The maximum Gasteiger partial charge on any atom is 0.298 e. The molecule has 7 heteroatoms. The number of nitrogens with zero attached hydrogens (tertiary/aromatic N) is 2. The molecule has 0 aliphatic rings. The minimum Gasteiger partial charge on any atom is -0.423 e. The summed E-state index contributed by atoms with van der Waals surface area (Å²) < 4.78 is 5.53. The Morgan fingerprint density at radius 3 is 3.00 bits per heavy atom. The Balaban J connectivity index is 1.81. The number of para-hydroxylation sites is 1. The Labute approximate surface area is 124 Å². The number of aromatic nitrogens is 1. The molecule has 1 atom stereocenters. The van der Waals surface area contributed by atoms with Crippen molar-refractivity contribution in [3.05, 3.63) is 50.7 Å². The highest BCUT2D eigenvalue weighted by atomic mass is 32.1. The second-order valence-corrected chi connectivity index (χ2v) is 5.76. The molecule has 2 aromatic heterocycles. The summed E-state index contributed by atoms with van der Waals surface area (Å²) in [6.45, 7) is 2.02. The third kappa shape index (κ3) is 2.87. The monoisotopic (exact) mass is 303 g/mol. The molecule has 0 radical (unpaired) electrons. The Morgan fingerprint density at radius 2 is 2.29 bits per heavy atom. The van der Waals surface area contributed by atoms with E-state index in [2.05, 4.69) is 16.4 Å². The molecule has 0 amide bonds.